The summed E-state index contributed by atoms with van der Waals surface area (Å²) in [5.41, 5.74) is 5.32. The number of hydrogen-bond donors (Lipinski definition) is 0. The number of aromatic nitrogens is 2. The zero-order valence-corrected chi connectivity index (χ0v) is 26.0. The summed E-state index contributed by atoms with van der Waals surface area (Å²) in [6.07, 6.45) is 5.80. The third-order valence-corrected chi connectivity index (χ3v) is 9.46. The summed E-state index contributed by atoms with van der Waals surface area (Å²) in [4.78, 5) is 33.5. The summed E-state index contributed by atoms with van der Waals surface area (Å²) in [6, 6.07) is 39.9. The van der Waals surface area contributed by atoms with Crippen molar-refractivity contribution in [3.8, 4) is 5.75 Å². The Morgan fingerprint density at radius 3 is 2.28 bits per heavy atom. The van der Waals surface area contributed by atoms with Gasteiger partial charge in [-0.3, -0.25) is 14.6 Å². The molecule has 1 aliphatic rings. The van der Waals surface area contributed by atoms with Gasteiger partial charge in [0.15, 0.2) is 11.6 Å². The van der Waals surface area contributed by atoms with Gasteiger partial charge in [0, 0.05) is 47.2 Å². The van der Waals surface area contributed by atoms with E-state index in [9.17, 15) is 9.59 Å². The van der Waals surface area contributed by atoms with Gasteiger partial charge < -0.3 is 9.30 Å². The minimum Gasteiger partial charge on any atom is -0.489 e. The first-order chi connectivity index (χ1) is 23.0. The van der Waals surface area contributed by atoms with Crippen molar-refractivity contribution < 1.29 is 14.3 Å². The van der Waals surface area contributed by atoms with Crippen LogP contribution >= 0.6 is 0 Å². The van der Waals surface area contributed by atoms with Crippen molar-refractivity contribution in [2.75, 3.05) is 0 Å². The van der Waals surface area contributed by atoms with Crippen LogP contribution in [-0.2, 0) is 25.0 Å². The maximum Gasteiger partial charge on any atom is 0.182 e. The lowest BCUT2D eigenvalue weighted by Crippen LogP contribution is -2.40. The van der Waals surface area contributed by atoms with E-state index in [0.29, 0.717) is 35.6 Å². The predicted octanol–water partition coefficient (Wildman–Crippen LogP) is 8.68. The molecule has 5 heteroatoms. The van der Waals surface area contributed by atoms with Crippen LogP contribution < -0.4 is 4.74 Å². The van der Waals surface area contributed by atoms with E-state index in [2.05, 4.69) is 77.3 Å². The summed E-state index contributed by atoms with van der Waals surface area (Å²) >= 11 is 0. The Morgan fingerprint density at radius 2 is 1.45 bits per heavy atom. The van der Waals surface area contributed by atoms with Crippen molar-refractivity contribution in [2.24, 2.45) is 0 Å². The molecular weight excluding hydrogens is 580 g/mol. The number of benzene rings is 5. The zero-order valence-electron chi connectivity index (χ0n) is 26.0. The average Bonchev–Trinajstić information content (AvgIpc) is 3.53. The first-order valence-corrected chi connectivity index (χ1v) is 15.9. The molecule has 8 rings (SSSR count). The molecule has 2 aromatic heterocycles. The fraction of sp³-hybridized carbons (Fsp3) is 0.119. The van der Waals surface area contributed by atoms with E-state index in [-0.39, 0.29) is 18.0 Å². The number of carbonyl (C=O) groups is 2. The summed E-state index contributed by atoms with van der Waals surface area (Å²) in [7, 11) is 0. The standard InChI is InChI=1S/C42H32N2O3/c1-28-25-44(26-31-11-12-32-9-5-6-10-33(32)21-31)39-22-34(13-15-36(28)39)42(24-29-17-19-43-20-18-29)40(45)37-16-14-35(23-38(37)41(42)46)47-27-30-7-3-2-4-8-30/h2-23,25H,24,26-27H2,1H3. The van der Waals surface area contributed by atoms with E-state index >= 15 is 0 Å². The second-order valence-electron chi connectivity index (χ2n) is 12.4. The maximum absolute atomic E-state index is 14.7. The van der Waals surface area contributed by atoms with Crippen LogP contribution in [0.2, 0.25) is 0 Å². The van der Waals surface area contributed by atoms with Gasteiger partial charge in [-0.15, -0.1) is 0 Å². The molecule has 0 fully saturated rings. The Kier molecular flexibility index (Phi) is 7.02. The molecule has 1 aliphatic carbocycles. The fourth-order valence-electron chi connectivity index (χ4n) is 7.04. The molecule has 0 N–H and O–H groups in total. The summed E-state index contributed by atoms with van der Waals surface area (Å²) in [6.45, 7) is 3.14. The SMILES string of the molecule is Cc1cn(Cc2ccc3ccccc3c2)c2cc(C3(Cc4ccncc4)C(=O)c4ccc(OCc5ccccc5)cc4C3=O)ccc12. The van der Waals surface area contributed by atoms with Crippen LogP contribution in [0.25, 0.3) is 21.7 Å². The van der Waals surface area contributed by atoms with E-state index in [4.69, 9.17) is 4.74 Å². The van der Waals surface area contributed by atoms with Gasteiger partial charge in [0.05, 0.1) is 0 Å². The Labute approximate surface area is 273 Å². The molecule has 0 radical (unpaired) electrons. The minimum atomic E-state index is -1.41. The first kappa shape index (κ1) is 28.6. The molecule has 2 heterocycles. The van der Waals surface area contributed by atoms with Crippen molar-refractivity contribution in [1.82, 2.24) is 9.55 Å². The molecule has 0 amide bonds. The van der Waals surface area contributed by atoms with E-state index in [1.54, 1.807) is 30.6 Å². The molecule has 228 valence electrons. The van der Waals surface area contributed by atoms with E-state index < -0.39 is 5.41 Å². The number of nitrogens with zero attached hydrogens (tertiary/aromatic N) is 2. The van der Waals surface area contributed by atoms with Crippen molar-refractivity contribution >= 4 is 33.2 Å². The molecule has 0 saturated carbocycles. The largest absolute Gasteiger partial charge is 0.489 e. The molecule has 0 spiro atoms. The Bertz CT molecular complexity index is 2310. The minimum absolute atomic E-state index is 0.187. The highest BCUT2D eigenvalue weighted by Gasteiger charge is 2.54. The van der Waals surface area contributed by atoms with Gasteiger partial charge in [-0.05, 0) is 94.4 Å². The third-order valence-electron chi connectivity index (χ3n) is 9.46. The zero-order chi connectivity index (χ0) is 32.0. The molecule has 0 saturated heterocycles. The smallest absolute Gasteiger partial charge is 0.182 e. The number of pyridine rings is 1. The van der Waals surface area contributed by atoms with Gasteiger partial charge >= 0.3 is 0 Å². The summed E-state index contributed by atoms with van der Waals surface area (Å²) in [5.74, 6) is 0.166. The molecule has 1 unspecified atom stereocenters. The number of carbonyl (C=O) groups excluding carboxylic acids is 2. The highest BCUT2D eigenvalue weighted by atomic mass is 16.5. The molecule has 47 heavy (non-hydrogen) atoms. The van der Waals surface area contributed by atoms with Crippen LogP contribution in [0.15, 0.2) is 140 Å². The molecule has 1 atom stereocenters. The van der Waals surface area contributed by atoms with Gasteiger partial charge in [0.25, 0.3) is 0 Å². The van der Waals surface area contributed by atoms with E-state index in [1.165, 1.54) is 16.3 Å². The van der Waals surface area contributed by atoms with Crippen molar-refractivity contribution in [3.05, 3.63) is 179 Å². The predicted molar refractivity (Wildman–Crippen MR) is 185 cm³/mol. The highest BCUT2D eigenvalue weighted by molar-refractivity contribution is 6.33. The molecule has 5 nitrogen and oxygen atoms in total. The molecule has 5 aromatic carbocycles. The lowest BCUT2D eigenvalue weighted by atomic mass is 9.71. The number of Topliss-reactive ketones (excluding diaryl/α,β-unsaturated/α-hetero) is 2. The van der Waals surface area contributed by atoms with Crippen molar-refractivity contribution in [3.63, 3.8) is 0 Å². The maximum atomic E-state index is 14.7. The molecular formula is C42H32N2O3. The first-order valence-electron chi connectivity index (χ1n) is 15.9. The van der Waals surface area contributed by atoms with Crippen molar-refractivity contribution in [1.29, 1.82) is 0 Å². The second-order valence-corrected chi connectivity index (χ2v) is 12.4. The molecule has 0 aliphatic heterocycles. The number of ether oxygens (including phenoxy) is 1. The van der Waals surface area contributed by atoms with Gasteiger partial charge in [-0.25, -0.2) is 0 Å². The second kappa shape index (κ2) is 11.5. The lowest BCUT2D eigenvalue weighted by Gasteiger charge is -2.27. The monoisotopic (exact) mass is 612 g/mol. The van der Waals surface area contributed by atoms with Crippen LogP contribution in [0.3, 0.4) is 0 Å². The Morgan fingerprint density at radius 1 is 0.681 bits per heavy atom. The molecule has 7 aromatic rings. The van der Waals surface area contributed by atoms with Gasteiger partial charge in [0.2, 0.25) is 0 Å². The fourth-order valence-corrected chi connectivity index (χ4v) is 7.04. The van der Waals surface area contributed by atoms with E-state index in [0.717, 1.165) is 27.6 Å². The quantitative estimate of drug-likeness (QED) is 0.161. The summed E-state index contributed by atoms with van der Waals surface area (Å²) < 4.78 is 8.30. The number of fused-ring (bicyclic) bond motifs is 3. The number of aryl methyl sites for hydroxylation is 1. The lowest BCUT2D eigenvalue weighted by molar-refractivity contribution is 0.0793. The van der Waals surface area contributed by atoms with Gasteiger partial charge in [-0.2, -0.15) is 0 Å². The van der Waals surface area contributed by atoms with Gasteiger partial charge in [0.1, 0.15) is 17.8 Å². The van der Waals surface area contributed by atoms with Gasteiger partial charge in [-0.1, -0.05) is 78.9 Å². The van der Waals surface area contributed by atoms with Crippen LogP contribution in [0.4, 0.5) is 0 Å². The summed E-state index contributed by atoms with van der Waals surface area (Å²) in [5, 5.41) is 3.50. The number of ketones is 2. The van der Waals surface area contributed by atoms with Crippen LogP contribution in [0, 0.1) is 6.92 Å². The normalized spacial score (nSPS) is 15.8. The topological polar surface area (TPSA) is 61.2 Å². The number of rotatable bonds is 8. The van der Waals surface area contributed by atoms with Crippen molar-refractivity contribution in [2.45, 2.75) is 31.9 Å². The highest BCUT2D eigenvalue weighted by Crippen LogP contribution is 2.44. The van der Waals surface area contributed by atoms with E-state index in [1.807, 2.05) is 48.5 Å². The third kappa shape index (κ3) is 5.01. The molecule has 0 bridgehead atoms. The van der Waals surface area contributed by atoms with Crippen LogP contribution in [0.5, 0.6) is 5.75 Å². The number of hydrogen-bond acceptors (Lipinski definition) is 4. The van der Waals surface area contributed by atoms with Crippen LogP contribution in [-0.4, -0.2) is 21.1 Å². The Hall–Kier alpha value is -5.81. The average molecular weight is 613 g/mol. The van der Waals surface area contributed by atoms with Crippen LogP contribution in [0.1, 0.15) is 48.5 Å². The Balaban J connectivity index is 1.21.